The number of hydrogen-bond acceptors (Lipinski definition) is 6. The van der Waals surface area contributed by atoms with Crippen molar-refractivity contribution in [3.63, 3.8) is 0 Å². The number of thiophene rings is 1. The van der Waals surface area contributed by atoms with Gasteiger partial charge in [0.05, 0.1) is 11.3 Å². The van der Waals surface area contributed by atoms with E-state index in [1.54, 1.807) is 0 Å². The Morgan fingerprint density at radius 1 is 1.29 bits per heavy atom. The zero-order chi connectivity index (χ0) is 19.7. The van der Waals surface area contributed by atoms with Gasteiger partial charge in [0.25, 0.3) is 5.91 Å². The molecule has 2 aromatic rings. The van der Waals surface area contributed by atoms with Crippen LogP contribution in [0.15, 0.2) is 5.16 Å². The number of aryl methyl sites for hydroxylation is 1. The summed E-state index contributed by atoms with van der Waals surface area (Å²) in [5.74, 6) is 1.23. The molecule has 3 N–H and O–H groups in total. The molecule has 4 rings (SSSR count). The van der Waals surface area contributed by atoms with Crippen molar-refractivity contribution in [2.24, 2.45) is 11.7 Å². The number of rotatable bonds is 5. The Morgan fingerprint density at radius 3 is 2.96 bits per heavy atom. The SMILES string of the molecule is CC1CCc2c(sc(NC(=O)CSc3nnc4n3CCCCC4)c2C(N)=O)C1. The molecule has 9 heteroatoms. The van der Waals surface area contributed by atoms with Crippen molar-refractivity contribution >= 4 is 39.9 Å². The molecule has 28 heavy (non-hydrogen) atoms. The summed E-state index contributed by atoms with van der Waals surface area (Å²) >= 11 is 2.89. The molecule has 150 valence electrons. The third-order valence-corrected chi connectivity index (χ3v) is 7.56. The Balaban J connectivity index is 1.45. The standard InChI is InChI=1S/C19H25N5O2S2/c1-11-6-7-12-13(9-11)28-18(16(12)17(20)26)21-15(25)10-27-19-23-22-14-5-3-2-4-8-24(14)19/h11H,2-10H2,1H3,(H2,20,26)(H,21,25). The van der Waals surface area contributed by atoms with Crippen LogP contribution in [-0.4, -0.2) is 32.3 Å². The third kappa shape index (κ3) is 3.96. The van der Waals surface area contributed by atoms with E-state index in [1.165, 1.54) is 34.4 Å². The van der Waals surface area contributed by atoms with Gasteiger partial charge in [-0.25, -0.2) is 0 Å². The van der Waals surface area contributed by atoms with E-state index >= 15 is 0 Å². The van der Waals surface area contributed by atoms with Crippen LogP contribution in [0, 0.1) is 5.92 Å². The Kier molecular flexibility index (Phi) is 5.73. The average molecular weight is 420 g/mol. The number of aromatic nitrogens is 3. The van der Waals surface area contributed by atoms with Gasteiger partial charge in [0.15, 0.2) is 5.16 Å². The minimum absolute atomic E-state index is 0.148. The number of amides is 2. The minimum atomic E-state index is -0.460. The normalized spacial score (nSPS) is 18.8. The maximum absolute atomic E-state index is 12.6. The van der Waals surface area contributed by atoms with Gasteiger partial charge in [0, 0.05) is 17.8 Å². The number of primary amides is 1. The van der Waals surface area contributed by atoms with Crippen molar-refractivity contribution in [1.29, 1.82) is 0 Å². The second-order valence-corrected chi connectivity index (χ2v) is 9.67. The number of nitrogens with one attached hydrogen (secondary N) is 1. The maximum atomic E-state index is 12.6. The number of anilines is 1. The second kappa shape index (κ2) is 8.24. The third-order valence-electron chi connectivity index (χ3n) is 5.42. The van der Waals surface area contributed by atoms with Crippen LogP contribution in [0.5, 0.6) is 0 Å². The maximum Gasteiger partial charge on any atom is 0.251 e. The number of thioether (sulfide) groups is 1. The minimum Gasteiger partial charge on any atom is -0.365 e. The van der Waals surface area contributed by atoms with Gasteiger partial charge in [-0.1, -0.05) is 25.1 Å². The molecule has 2 aromatic heterocycles. The summed E-state index contributed by atoms with van der Waals surface area (Å²) in [6.07, 6.45) is 7.24. The van der Waals surface area contributed by atoms with Gasteiger partial charge in [0.2, 0.25) is 5.91 Å². The second-order valence-electron chi connectivity index (χ2n) is 7.62. The first kappa shape index (κ1) is 19.4. The van der Waals surface area contributed by atoms with Gasteiger partial charge in [-0.15, -0.1) is 21.5 Å². The molecular weight excluding hydrogens is 394 g/mol. The predicted octanol–water partition coefficient (Wildman–Crippen LogP) is 3.02. The summed E-state index contributed by atoms with van der Waals surface area (Å²) in [7, 11) is 0. The number of carbonyl (C=O) groups is 2. The van der Waals surface area contributed by atoms with Crippen LogP contribution >= 0.6 is 23.1 Å². The Bertz CT molecular complexity index is 905. The van der Waals surface area contributed by atoms with Crippen molar-refractivity contribution in [3.05, 3.63) is 21.8 Å². The molecule has 0 saturated carbocycles. The molecular formula is C19H25N5O2S2. The topological polar surface area (TPSA) is 103 Å². The van der Waals surface area contributed by atoms with Gasteiger partial charge in [-0.05, 0) is 43.6 Å². The molecule has 1 atom stereocenters. The largest absolute Gasteiger partial charge is 0.365 e. The molecule has 0 bridgehead atoms. The highest BCUT2D eigenvalue weighted by atomic mass is 32.2. The average Bonchev–Trinajstić information content (AvgIpc) is 3.11. The van der Waals surface area contributed by atoms with Crippen LogP contribution in [0.2, 0.25) is 0 Å². The summed E-state index contributed by atoms with van der Waals surface area (Å²) in [5.41, 5.74) is 7.16. The zero-order valence-corrected chi connectivity index (χ0v) is 17.6. The Labute approximate surface area is 172 Å². The van der Waals surface area contributed by atoms with Crippen LogP contribution in [0.3, 0.4) is 0 Å². The van der Waals surface area contributed by atoms with E-state index in [1.807, 2.05) is 0 Å². The van der Waals surface area contributed by atoms with E-state index in [0.717, 1.165) is 61.6 Å². The molecule has 0 fully saturated rings. The molecule has 0 aromatic carbocycles. The lowest BCUT2D eigenvalue weighted by atomic mass is 9.88. The number of nitrogens with zero attached hydrogens (tertiary/aromatic N) is 3. The molecule has 0 radical (unpaired) electrons. The van der Waals surface area contributed by atoms with Gasteiger partial charge in [-0.2, -0.15) is 0 Å². The first-order chi connectivity index (χ1) is 13.5. The molecule has 2 amide bonds. The first-order valence-electron chi connectivity index (χ1n) is 9.82. The van der Waals surface area contributed by atoms with E-state index < -0.39 is 5.91 Å². The van der Waals surface area contributed by atoms with Crippen LogP contribution in [-0.2, 0) is 30.6 Å². The molecule has 0 saturated heterocycles. The monoisotopic (exact) mass is 419 g/mol. The first-order valence-corrected chi connectivity index (χ1v) is 11.6. The lowest BCUT2D eigenvalue weighted by molar-refractivity contribution is -0.113. The van der Waals surface area contributed by atoms with Crippen molar-refractivity contribution in [2.75, 3.05) is 11.1 Å². The summed E-state index contributed by atoms with van der Waals surface area (Å²) < 4.78 is 2.13. The smallest absolute Gasteiger partial charge is 0.251 e. The molecule has 1 aliphatic carbocycles. The van der Waals surface area contributed by atoms with Crippen molar-refractivity contribution in [3.8, 4) is 0 Å². The summed E-state index contributed by atoms with van der Waals surface area (Å²) in [6.45, 7) is 3.12. The Morgan fingerprint density at radius 2 is 2.14 bits per heavy atom. The van der Waals surface area contributed by atoms with Crippen molar-refractivity contribution in [1.82, 2.24) is 14.8 Å². The van der Waals surface area contributed by atoms with Gasteiger partial charge < -0.3 is 15.6 Å². The van der Waals surface area contributed by atoms with E-state index in [-0.39, 0.29) is 11.7 Å². The Hall–Kier alpha value is -1.87. The van der Waals surface area contributed by atoms with Gasteiger partial charge in [-0.3, -0.25) is 9.59 Å². The predicted molar refractivity (Wildman–Crippen MR) is 111 cm³/mol. The highest BCUT2D eigenvalue weighted by Crippen LogP contribution is 2.39. The number of fused-ring (bicyclic) bond motifs is 2. The zero-order valence-electron chi connectivity index (χ0n) is 16.0. The molecule has 7 nitrogen and oxygen atoms in total. The molecule has 0 spiro atoms. The lowest BCUT2D eigenvalue weighted by Gasteiger charge is -2.18. The summed E-state index contributed by atoms with van der Waals surface area (Å²) in [6, 6.07) is 0. The summed E-state index contributed by atoms with van der Waals surface area (Å²) in [5, 5.41) is 12.8. The van der Waals surface area contributed by atoms with Crippen LogP contribution in [0.25, 0.3) is 0 Å². The van der Waals surface area contributed by atoms with Crippen LogP contribution in [0.1, 0.15) is 59.2 Å². The number of hydrogen-bond donors (Lipinski definition) is 2. The number of nitrogens with two attached hydrogens (primary N) is 1. The fourth-order valence-electron chi connectivity index (χ4n) is 3.96. The molecule has 3 heterocycles. The quantitative estimate of drug-likeness (QED) is 0.725. The van der Waals surface area contributed by atoms with E-state index in [4.69, 9.17) is 5.73 Å². The molecule has 1 unspecified atom stereocenters. The molecule has 2 aliphatic rings. The van der Waals surface area contributed by atoms with Gasteiger partial charge >= 0.3 is 0 Å². The van der Waals surface area contributed by atoms with Crippen molar-refractivity contribution < 1.29 is 9.59 Å². The lowest BCUT2D eigenvalue weighted by Crippen LogP contribution is -2.20. The van der Waals surface area contributed by atoms with E-state index in [9.17, 15) is 9.59 Å². The van der Waals surface area contributed by atoms with E-state index in [0.29, 0.717) is 16.5 Å². The fraction of sp³-hybridized carbons (Fsp3) is 0.579. The van der Waals surface area contributed by atoms with Crippen LogP contribution in [0.4, 0.5) is 5.00 Å². The summed E-state index contributed by atoms with van der Waals surface area (Å²) in [4.78, 5) is 25.7. The highest BCUT2D eigenvalue weighted by molar-refractivity contribution is 7.99. The highest BCUT2D eigenvalue weighted by Gasteiger charge is 2.27. The van der Waals surface area contributed by atoms with E-state index in [2.05, 4.69) is 27.0 Å². The van der Waals surface area contributed by atoms with Gasteiger partial charge in [0.1, 0.15) is 10.8 Å². The van der Waals surface area contributed by atoms with Crippen molar-refractivity contribution in [2.45, 2.75) is 63.6 Å². The fourth-order valence-corrected chi connectivity index (χ4v) is 6.17. The molecule has 1 aliphatic heterocycles. The number of carbonyl (C=O) groups excluding carboxylic acids is 2. The van der Waals surface area contributed by atoms with Crippen LogP contribution < -0.4 is 11.1 Å².